The molecule has 33 heavy (non-hydrogen) atoms. The highest BCUT2D eigenvalue weighted by Gasteiger charge is 2.35. The molecule has 0 aliphatic heterocycles. The highest BCUT2D eigenvalue weighted by Crippen LogP contribution is 2.39. The fourth-order valence-corrected chi connectivity index (χ4v) is 4.24. The summed E-state index contributed by atoms with van der Waals surface area (Å²) < 4.78 is 88.6. The van der Waals surface area contributed by atoms with Gasteiger partial charge in [-0.25, -0.2) is 0 Å². The molecular weight excluding hydrogens is 446 g/mol. The Kier molecular flexibility index (Phi) is 7.97. The van der Waals surface area contributed by atoms with Crippen LogP contribution in [0.25, 0.3) is 0 Å². The van der Waals surface area contributed by atoms with Gasteiger partial charge in [0.1, 0.15) is 11.5 Å². The van der Waals surface area contributed by atoms with Crippen molar-refractivity contribution >= 4 is 0 Å². The topological polar surface area (TPSA) is 18.5 Å². The van der Waals surface area contributed by atoms with Gasteiger partial charge in [-0.15, -0.1) is 0 Å². The first-order chi connectivity index (χ1) is 15.6. The molecule has 2 nitrogen and oxygen atoms in total. The van der Waals surface area contributed by atoms with Gasteiger partial charge in [-0.3, -0.25) is 0 Å². The van der Waals surface area contributed by atoms with Crippen LogP contribution in [0, 0.1) is 5.92 Å². The molecule has 0 N–H and O–H groups in total. The molecule has 2 aromatic rings. The van der Waals surface area contributed by atoms with Crippen molar-refractivity contribution in [3.63, 3.8) is 0 Å². The minimum absolute atomic E-state index is 0.291. The van der Waals surface area contributed by atoms with Crippen molar-refractivity contribution in [3.8, 4) is 11.5 Å². The quantitative estimate of drug-likeness (QED) is 0.340. The summed E-state index contributed by atoms with van der Waals surface area (Å²) in [6, 6.07) is 9.94. The van der Waals surface area contributed by atoms with E-state index < -0.39 is 30.1 Å². The third kappa shape index (κ3) is 7.17. The van der Waals surface area contributed by atoms with Crippen LogP contribution in [-0.4, -0.2) is 6.11 Å². The van der Waals surface area contributed by atoms with Crippen LogP contribution in [0.5, 0.6) is 11.5 Å². The van der Waals surface area contributed by atoms with Crippen LogP contribution in [0.4, 0.5) is 26.3 Å². The summed E-state index contributed by atoms with van der Waals surface area (Å²) in [5.74, 6) is 0.355. The Labute approximate surface area is 189 Å². The van der Waals surface area contributed by atoms with Gasteiger partial charge in [0.25, 0.3) is 6.08 Å². The highest BCUT2D eigenvalue weighted by atomic mass is 19.3. The molecule has 3 rings (SSSR count). The first kappa shape index (κ1) is 25.0. The molecule has 1 aliphatic carbocycles. The van der Waals surface area contributed by atoms with Crippen LogP contribution in [0.2, 0.25) is 0 Å². The molecule has 0 atom stereocenters. The molecule has 0 amide bonds. The van der Waals surface area contributed by atoms with Crippen LogP contribution < -0.4 is 9.47 Å². The molecule has 1 fully saturated rings. The summed E-state index contributed by atoms with van der Waals surface area (Å²) in [6.45, 7) is 2.18. The first-order valence-corrected chi connectivity index (χ1v) is 11.0. The van der Waals surface area contributed by atoms with Crippen LogP contribution in [0.3, 0.4) is 0 Å². The lowest BCUT2D eigenvalue weighted by atomic mass is 9.77. The summed E-state index contributed by atoms with van der Waals surface area (Å²) >= 11 is 0. The summed E-state index contributed by atoms with van der Waals surface area (Å²) in [6.07, 6.45) is -4.30. The predicted octanol–water partition coefficient (Wildman–Crippen LogP) is 8.64. The van der Waals surface area contributed by atoms with E-state index in [1.54, 1.807) is 12.1 Å². The summed E-state index contributed by atoms with van der Waals surface area (Å²) in [7, 11) is 0. The number of hydrogen-bond acceptors (Lipinski definition) is 2. The van der Waals surface area contributed by atoms with Crippen LogP contribution >= 0.6 is 0 Å². The molecule has 2 aromatic carbocycles. The lowest BCUT2D eigenvalue weighted by Crippen LogP contribution is -2.22. The van der Waals surface area contributed by atoms with Gasteiger partial charge in [-0.1, -0.05) is 31.9 Å². The number of hydrogen-bond donors (Lipinski definition) is 0. The van der Waals surface area contributed by atoms with E-state index in [4.69, 9.17) is 4.74 Å². The minimum Gasteiger partial charge on any atom is -0.429 e. The SMILES string of the molecule is CCCC1CCC(c2ccc(C(F)(F)Oc3ccc(OC(F)(F)C=C(F)F)cc3)cc2)CC1. The van der Waals surface area contributed by atoms with Crippen molar-refractivity contribution in [1.29, 1.82) is 0 Å². The molecule has 1 saturated carbocycles. The number of alkyl halides is 4. The fourth-order valence-electron chi connectivity index (χ4n) is 4.24. The average Bonchev–Trinajstić information content (AvgIpc) is 2.75. The molecule has 0 bridgehead atoms. The molecule has 0 unspecified atom stereocenters. The Morgan fingerprint density at radius 3 is 1.91 bits per heavy atom. The molecular formula is C25H26F6O2. The van der Waals surface area contributed by atoms with Gasteiger partial charge in [0, 0.05) is 0 Å². The van der Waals surface area contributed by atoms with Crippen molar-refractivity contribution in [3.05, 3.63) is 71.8 Å². The number of rotatable bonds is 9. The summed E-state index contributed by atoms with van der Waals surface area (Å²) in [5, 5.41) is 0. The zero-order valence-corrected chi connectivity index (χ0v) is 18.2. The molecule has 1 aliphatic rings. The van der Waals surface area contributed by atoms with Gasteiger partial charge in [0.2, 0.25) is 0 Å². The molecule has 0 aromatic heterocycles. The number of halogens is 6. The van der Waals surface area contributed by atoms with Crippen molar-refractivity contribution in [2.45, 2.75) is 63.6 Å². The van der Waals surface area contributed by atoms with Gasteiger partial charge < -0.3 is 9.47 Å². The van der Waals surface area contributed by atoms with Gasteiger partial charge in [-0.05, 0) is 79.5 Å². The molecule has 0 radical (unpaired) electrons. The number of benzene rings is 2. The van der Waals surface area contributed by atoms with Crippen molar-refractivity contribution in [1.82, 2.24) is 0 Å². The Bertz CT molecular complexity index is 913. The molecule has 180 valence electrons. The third-order valence-corrected chi connectivity index (χ3v) is 5.86. The standard InChI is InChI=1S/C25H26F6O2/c1-2-3-17-4-6-18(7-5-17)19-8-10-20(11-9-19)25(30,31)33-22-14-12-21(13-15-22)32-24(28,29)16-23(26)27/h8-18H,2-7H2,1H3. The minimum atomic E-state index is -4.23. The monoisotopic (exact) mass is 472 g/mol. The highest BCUT2D eigenvalue weighted by molar-refractivity contribution is 5.33. The predicted molar refractivity (Wildman–Crippen MR) is 113 cm³/mol. The van der Waals surface area contributed by atoms with E-state index in [-0.39, 0.29) is 11.3 Å². The average molecular weight is 472 g/mol. The van der Waals surface area contributed by atoms with Gasteiger partial charge in [-0.2, -0.15) is 26.3 Å². The summed E-state index contributed by atoms with van der Waals surface area (Å²) in [5.41, 5.74) is 0.701. The Hall–Kier alpha value is -2.64. The van der Waals surface area contributed by atoms with Crippen LogP contribution in [0.15, 0.2) is 60.7 Å². The Balaban J connectivity index is 1.60. The largest absolute Gasteiger partial charge is 0.429 e. The number of ether oxygens (including phenoxy) is 2. The summed E-state index contributed by atoms with van der Waals surface area (Å²) in [4.78, 5) is 0. The zero-order valence-electron chi connectivity index (χ0n) is 18.2. The molecule has 0 spiro atoms. The molecule has 0 heterocycles. The van der Waals surface area contributed by atoms with E-state index in [0.717, 1.165) is 61.4 Å². The van der Waals surface area contributed by atoms with E-state index in [1.807, 2.05) is 0 Å². The fraction of sp³-hybridized carbons (Fsp3) is 0.440. The second kappa shape index (κ2) is 10.5. The van der Waals surface area contributed by atoms with Crippen molar-refractivity contribution < 1.29 is 35.8 Å². The lowest BCUT2D eigenvalue weighted by Gasteiger charge is -2.29. The third-order valence-electron chi connectivity index (χ3n) is 5.86. The smallest absolute Gasteiger partial charge is 0.426 e. The molecule has 8 heteroatoms. The van der Waals surface area contributed by atoms with E-state index in [0.29, 0.717) is 5.92 Å². The normalized spacial score (nSPS) is 19.1. The maximum absolute atomic E-state index is 14.6. The van der Waals surface area contributed by atoms with Crippen LogP contribution in [-0.2, 0) is 6.11 Å². The van der Waals surface area contributed by atoms with Gasteiger partial charge in [0.15, 0.2) is 0 Å². The van der Waals surface area contributed by atoms with E-state index in [9.17, 15) is 26.3 Å². The van der Waals surface area contributed by atoms with Crippen molar-refractivity contribution in [2.75, 3.05) is 0 Å². The van der Waals surface area contributed by atoms with Gasteiger partial charge in [0.05, 0.1) is 11.6 Å². The first-order valence-electron chi connectivity index (χ1n) is 11.0. The maximum atomic E-state index is 14.6. The second-order valence-electron chi connectivity index (χ2n) is 8.32. The zero-order chi connectivity index (χ0) is 24.1. The second-order valence-corrected chi connectivity index (χ2v) is 8.32. The Morgan fingerprint density at radius 2 is 1.39 bits per heavy atom. The van der Waals surface area contributed by atoms with Crippen LogP contribution in [0.1, 0.15) is 62.5 Å². The van der Waals surface area contributed by atoms with E-state index in [1.165, 1.54) is 25.0 Å². The van der Waals surface area contributed by atoms with E-state index in [2.05, 4.69) is 11.7 Å². The van der Waals surface area contributed by atoms with E-state index >= 15 is 0 Å². The maximum Gasteiger partial charge on any atom is 0.426 e. The lowest BCUT2D eigenvalue weighted by molar-refractivity contribution is -0.185. The Morgan fingerprint density at radius 1 is 0.848 bits per heavy atom. The van der Waals surface area contributed by atoms with Gasteiger partial charge >= 0.3 is 12.2 Å². The molecule has 0 saturated heterocycles. The van der Waals surface area contributed by atoms with Crippen molar-refractivity contribution in [2.24, 2.45) is 5.92 Å².